The summed E-state index contributed by atoms with van der Waals surface area (Å²) in [5.74, 6) is 1.78. The molecule has 0 radical (unpaired) electrons. The first-order chi connectivity index (χ1) is 10.6. The topological polar surface area (TPSA) is 76.2 Å². The third kappa shape index (κ3) is 3.01. The highest BCUT2D eigenvalue weighted by atomic mass is 16.5. The highest BCUT2D eigenvalue weighted by molar-refractivity contribution is 5.86. The average Bonchev–Trinajstić information content (AvgIpc) is 2.88. The van der Waals surface area contributed by atoms with Crippen LogP contribution in [0.15, 0.2) is 42.5 Å². The van der Waals surface area contributed by atoms with Gasteiger partial charge in [0.05, 0.1) is 18.1 Å². The molecule has 1 amide bonds. The Bertz CT molecular complexity index is 826. The lowest BCUT2D eigenvalue weighted by molar-refractivity contribution is 0.186. The molecular formula is C16H15N3O3. The van der Waals surface area contributed by atoms with E-state index < -0.39 is 6.09 Å². The number of fused-ring (bicyclic) bond motifs is 1. The molecule has 6 nitrogen and oxygen atoms in total. The van der Waals surface area contributed by atoms with Crippen molar-refractivity contribution in [2.45, 2.75) is 6.92 Å². The number of carbonyl (C=O) groups excluding carboxylic acids is 1. The van der Waals surface area contributed by atoms with Crippen molar-refractivity contribution in [1.82, 2.24) is 9.97 Å². The molecule has 112 valence electrons. The van der Waals surface area contributed by atoms with Crippen molar-refractivity contribution in [3.8, 4) is 11.5 Å². The van der Waals surface area contributed by atoms with Gasteiger partial charge in [-0.2, -0.15) is 0 Å². The molecule has 0 saturated heterocycles. The Morgan fingerprint density at radius 3 is 2.77 bits per heavy atom. The number of aromatic nitrogens is 2. The molecular weight excluding hydrogens is 282 g/mol. The first-order valence-electron chi connectivity index (χ1n) is 6.73. The summed E-state index contributed by atoms with van der Waals surface area (Å²) >= 11 is 0. The monoisotopic (exact) mass is 297 g/mol. The molecule has 2 N–H and O–H groups in total. The van der Waals surface area contributed by atoms with Crippen LogP contribution in [-0.2, 0) is 4.74 Å². The third-order valence-corrected chi connectivity index (χ3v) is 3.08. The van der Waals surface area contributed by atoms with Crippen LogP contribution in [0, 0.1) is 6.92 Å². The van der Waals surface area contributed by atoms with Crippen LogP contribution in [0.4, 0.5) is 10.7 Å². The molecule has 0 aliphatic rings. The van der Waals surface area contributed by atoms with Gasteiger partial charge >= 0.3 is 6.09 Å². The first-order valence-corrected chi connectivity index (χ1v) is 6.73. The number of aromatic amines is 1. The number of hydrogen-bond acceptors (Lipinski definition) is 4. The molecule has 2 aromatic carbocycles. The maximum absolute atomic E-state index is 11.2. The number of rotatable bonds is 3. The van der Waals surface area contributed by atoms with Crippen molar-refractivity contribution in [2.75, 3.05) is 12.4 Å². The summed E-state index contributed by atoms with van der Waals surface area (Å²) in [5, 5.41) is 2.49. The number of ether oxygens (including phenoxy) is 2. The number of amides is 1. The molecule has 3 aromatic rings. The summed E-state index contributed by atoms with van der Waals surface area (Å²) in [6.07, 6.45) is -0.574. The fourth-order valence-corrected chi connectivity index (χ4v) is 2.07. The van der Waals surface area contributed by atoms with E-state index in [0.29, 0.717) is 11.7 Å². The summed E-state index contributed by atoms with van der Waals surface area (Å²) in [6, 6.07) is 13.3. The van der Waals surface area contributed by atoms with E-state index in [4.69, 9.17) is 4.74 Å². The van der Waals surface area contributed by atoms with E-state index in [0.717, 1.165) is 22.3 Å². The minimum atomic E-state index is -0.574. The SMILES string of the molecule is COC(=O)Nc1nc2ccc(Oc3cccc(C)c3)cc2[nH]1. The van der Waals surface area contributed by atoms with Gasteiger partial charge in [-0.05, 0) is 36.8 Å². The minimum absolute atomic E-state index is 0.328. The van der Waals surface area contributed by atoms with Gasteiger partial charge in [-0.25, -0.2) is 9.78 Å². The molecule has 3 rings (SSSR count). The van der Waals surface area contributed by atoms with E-state index in [9.17, 15) is 4.79 Å². The number of benzene rings is 2. The van der Waals surface area contributed by atoms with Crippen molar-refractivity contribution in [2.24, 2.45) is 0 Å². The number of anilines is 1. The van der Waals surface area contributed by atoms with Crippen LogP contribution in [0.5, 0.6) is 11.5 Å². The maximum atomic E-state index is 11.2. The van der Waals surface area contributed by atoms with Crippen molar-refractivity contribution in [3.05, 3.63) is 48.0 Å². The van der Waals surface area contributed by atoms with E-state index in [1.54, 1.807) is 0 Å². The second-order valence-electron chi connectivity index (χ2n) is 4.80. The van der Waals surface area contributed by atoms with Gasteiger partial charge in [-0.3, -0.25) is 5.32 Å². The van der Waals surface area contributed by atoms with Crippen LogP contribution in [0.25, 0.3) is 11.0 Å². The van der Waals surface area contributed by atoms with Gasteiger partial charge in [-0.1, -0.05) is 12.1 Å². The number of hydrogen-bond donors (Lipinski definition) is 2. The zero-order valence-corrected chi connectivity index (χ0v) is 12.2. The summed E-state index contributed by atoms with van der Waals surface area (Å²) in [5.41, 5.74) is 2.62. The molecule has 1 aromatic heterocycles. The fourth-order valence-electron chi connectivity index (χ4n) is 2.07. The zero-order chi connectivity index (χ0) is 15.5. The molecule has 0 bridgehead atoms. The molecule has 6 heteroatoms. The van der Waals surface area contributed by atoms with Gasteiger partial charge in [0.25, 0.3) is 0 Å². The number of aryl methyl sites for hydroxylation is 1. The Balaban J connectivity index is 1.84. The molecule has 0 fully saturated rings. The number of nitrogens with zero attached hydrogens (tertiary/aromatic N) is 1. The molecule has 0 aliphatic heterocycles. The van der Waals surface area contributed by atoms with Gasteiger partial charge in [0.15, 0.2) is 0 Å². The van der Waals surface area contributed by atoms with Crippen LogP contribution >= 0.6 is 0 Å². The Morgan fingerprint density at radius 2 is 2.00 bits per heavy atom. The number of methoxy groups -OCH3 is 1. The van der Waals surface area contributed by atoms with Crippen molar-refractivity contribution < 1.29 is 14.3 Å². The number of H-pyrrole nitrogens is 1. The Labute approximate surface area is 127 Å². The van der Waals surface area contributed by atoms with Crippen LogP contribution in [0.2, 0.25) is 0 Å². The Hall–Kier alpha value is -3.02. The Morgan fingerprint density at radius 1 is 1.18 bits per heavy atom. The predicted molar refractivity (Wildman–Crippen MR) is 83.4 cm³/mol. The molecule has 22 heavy (non-hydrogen) atoms. The van der Waals surface area contributed by atoms with Crippen LogP contribution in [-0.4, -0.2) is 23.2 Å². The first kappa shape index (κ1) is 13.9. The summed E-state index contributed by atoms with van der Waals surface area (Å²) in [6.45, 7) is 2.01. The average molecular weight is 297 g/mol. The van der Waals surface area contributed by atoms with E-state index in [2.05, 4.69) is 20.0 Å². The van der Waals surface area contributed by atoms with Gasteiger partial charge in [0.1, 0.15) is 11.5 Å². The summed E-state index contributed by atoms with van der Waals surface area (Å²) < 4.78 is 10.3. The molecule has 0 unspecified atom stereocenters. The molecule has 0 atom stereocenters. The summed E-state index contributed by atoms with van der Waals surface area (Å²) in [7, 11) is 1.30. The lowest BCUT2D eigenvalue weighted by atomic mass is 10.2. The van der Waals surface area contributed by atoms with Crippen LogP contribution in [0.1, 0.15) is 5.56 Å². The maximum Gasteiger partial charge on any atom is 0.413 e. The molecule has 0 aliphatic carbocycles. The van der Waals surface area contributed by atoms with Gasteiger partial charge in [0.2, 0.25) is 5.95 Å². The highest BCUT2D eigenvalue weighted by Crippen LogP contribution is 2.26. The largest absolute Gasteiger partial charge is 0.457 e. The lowest BCUT2D eigenvalue weighted by Gasteiger charge is -2.06. The molecule has 0 spiro atoms. The minimum Gasteiger partial charge on any atom is -0.457 e. The number of carbonyl (C=O) groups is 1. The van der Waals surface area contributed by atoms with Crippen molar-refractivity contribution in [1.29, 1.82) is 0 Å². The van der Waals surface area contributed by atoms with E-state index in [1.807, 2.05) is 49.4 Å². The number of imidazole rings is 1. The molecule has 1 heterocycles. The predicted octanol–water partition coefficient (Wildman–Crippen LogP) is 3.84. The zero-order valence-electron chi connectivity index (χ0n) is 12.2. The van der Waals surface area contributed by atoms with Crippen LogP contribution in [0.3, 0.4) is 0 Å². The highest BCUT2D eigenvalue weighted by Gasteiger charge is 2.08. The van der Waals surface area contributed by atoms with Gasteiger partial charge in [-0.15, -0.1) is 0 Å². The van der Waals surface area contributed by atoms with E-state index in [-0.39, 0.29) is 0 Å². The van der Waals surface area contributed by atoms with Crippen molar-refractivity contribution in [3.63, 3.8) is 0 Å². The standard InChI is InChI=1S/C16H15N3O3/c1-10-4-3-5-11(8-10)22-12-6-7-13-14(9-12)18-15(17-13)19-16(20)21-2/h3-9H,1-2H3,(H2,17,18,19,20). The van der Waals surface area contributed by atoms with E-state index in [1.165, 1.54) is 7.11 Å². The number of nitrogens with one attached hydrogen (secondary N) is 2. The van der Waals surface area contributed by atoms with Gasteiger partial charge in [0, 0.05) is 6.07 Å². The smallest absolute Gasteiger partial charge is 0.413 e. The molecule has 0 saturated carbocycles. The van der Waals surface area contributed by atoms with Gasteiger partial charge < -0.3 is 14.5 Å². The third-order valence-electron chi connectivity index (χ3n) is 3.08. The second kappa shape index (κ2) is 5.77. The van der Waals surface area contributed by atoms with E-state index >= 15 is 0 Å². The summed E-state index contributed by atoms with van der Waals surface area (Å²) in [4.78, 5) is 18.4. The quantitative estimate of drug-likeness (QED) is 0.770. The Kier molecular flexibility index (Phi) is 3.65. The van der Waals surface area contributed by atoms with Crippen molar-refractivity contribution >= 4 is 23.1 Å². The lowest BCUT2D eigenvalue weighted by Crippen LogP contribution is -2.11. The van der Waals surface area contributed by atoms with Crippen LogP contribution < -0.4 is 10.1 Å². The second-order valence-corrected chi connectivity index (χ2v) is 4.80. The fraction of sp³-hybridized carbons (Fsp3) is 0.125. The normalized spacial score (nSPS) is 10.5.